The van der Waals surface area contributed by atoms with Gasteiger partial charge in [-0.25, -0.2) is 0 Å². The van der Waals surface area contributed by atoms with E-state index in [4.69, 9.17) is 14.2 Å². The lowest BCUT2D eigenvalue weighted by Gasteiger charge is -2.22. The Morgan fingerprint density at radius 1 is 1.21 bits per heavy atom. The Labute approximate surface area is 113 Å². The fraction of sp³-hybridized carbons (Fsp3) is 0.538. The van der Waals surface area contributed by atoms with E-state index in [1.165, 1.54) is 0 Å². The van der Waals surface area contributed by atoms with E-state index in [1.54, 1.807) is 24.3 Å². The van der Waals surface area contributed by atoms with Crippen LogP contribution in [-0.2, 0) is 9.47 Å². The largest absolute Gasteiger partial charge is 0.492 e. The van der Waals surface area contributed by atoms with Gasteiger partial charge in [-0.2, -0.15) is 0 Å². The Hall–Kier alpha value is -1.08. The van der Waals surface area contributed by atoms with E-state index in [-0.39, 0.29) is 6.29 Å². The van der Waals surface area contributed by atoms with Crippen molar-refractivity contribution in [2.75, 3.05) is 19.8 Å². The fourth-order valence-electron chi connectivity index (χ4n) is 2.00. The van der Waals surface area contributed by atoms with Crippen LogP contribution in [0, 0.1) is 0 Å². The van der Waals surface area contributed by atoms with Gasteiger partial charge in [-0.05, 0) is 25.3 Å². The topological polar surface area (TPSA) is 68.2 Å². The highest BCUT2D eigenvalue weighted by atomic mass is 16.7. The minimum atomic E-state index is -1.53. The molecular weight excluding hydrogens is 247 g/mol. The molecule has 6 heteroatoms. The molecule has 1 fully saturated rings. The second-order valence-corrected chi connectivity index (χ2v) is 4.43. The van der Waals surface area contributed by atoms with E-state index >= 15 is 0 Å². The van der Waals surface area contributed by atoms with Crippen LogP contribution in [0.15, 0.2) is 24.3 Å². The summed E-state index contributed by atoms with van der Waals surface area (Å²) in [5, 5.41) is 18.4. The molecule has 5 nitrogen and oxygen atoms in total. The standard InChI is InChI=1S/C13H19BO5/c15-14(16)11-5-1-2-6-12(11)17-9-10-19-13-7-3-4-8-18-13/h1-2,5-6,13,15-16H,3-4,7-10H2. The first-order chi connectivity index (χ1) is 9.27. The maximum atomic E-state index is 9.19. The summed E-state index contributed by atoms with van der Waals surface area (Å²) in [5.41, 5.74) is 0.358. The summed E-state index contributed by atoms with van der Waals surface area (Å²) in [7, 11) is -1.53. The van der Waals surface area contributed by atoms with Crippen molar-refractivity contribution in [2.24, 2.45) is 0 Å². The third-order valence-corrected chi connectivity index (χ3v) is 2.98. The number of para-hydroxylation sites is 1. The lowest BCUT2D eigenvalue weighted by atomic mass is 9.79. The Bertz CT molecular complexity index is 379. The van der Waals surface area contributed by atoms with Crippen LogP contribution >= 0.6 is 0 Å². The molecule has 2 N–H and O–H groups in total. The Balaban J connectivity index is 1.73. The van der Waals surface area contributed by atoms with Gasteiger partial charge in [0.05, 0.1) is 6.61 Å². The van der Waals surface area contributed by atoms with Gasteiger partial charge in [0, 0.05) is 12.1 Å². The molecule has 1 aromatic carbocycles. The molecule has 0 spiro atoms. The smallest absolute Gasteiger partial charge is 0.492 e. The van der Waals surface area contributed by atoms with Crippen LogP contribution < -0.4 is 10.2 Å². The first-order valence-corrected chi connectivity index (χ1v) is 6.58. The fourth-order valence-corrected chi connectivity index (χ4v) is 2.00. The summed E-state index contributed by atoms with van der Waals surface area (Å²) in [5.74, 6) is 0.464. The van der Waals surface area contributed by atoms with E-state index in [0.29, 0.717) is 24.4 Å². The molecule has 0 radical (unpaired) electrons. The van der Waals surface area contributed by atoms with Gasteiger partial charge in [-0.1, -0.05) is 18.2 Å². The monoisotopic (exact) mass is 266 g/mol. The maximum Gasteiger partial charge on any atom is 0.492 e. The van der Waals surface area contributed by atoms with Crippen molar-refractivity contribution in [3.8, 4) is 5.75 Å². The lowest BCUT2D eigenvalue weighted by molar-refractivity contribution is -0.165. The summed E-state index contributed by atoms with van der Waals surface area (Å²) in [6, 6.07) is 6.83. The summed E-state index contributed by atoms with van der Waals surface area (Å²) in [6.07, 6.45) is 3.02. The normalized spacial score (nSPS) is 19.2. The van der Waals surface area contributed by atoms with Gasteiger partial charge >= 0.3 is 7.12 Å². The van der Waals surface area contributed by atoms with Crippen LogP contribution in [0.2, 0.25) is 0 Å². The predicted octanol–water partition coefficient (Wildman–Crippen LogP) is 0.288. The molecule has 0 amide bonds. The molecule has 1 atom stereocenters. The number of hydrogen-bond acceptors (Lipinski definition) is 5. The number of ether oxygens (including phenoxy) is 3. The van der Waals surface area contributed by atoms with Gasteiger partial charge in [0.1, 0.15) is 12.4 Å². The highest BCUT2D eigenvalue weighted by Crippen LogP contribution is 2.13. The molecular formula is C13H19BO5. The molecule has 0 bridgehead atoms. The number of hydrogen-bond donors (Lipinski definition) is 2. The first kappa shape index (κ1) is 14.3. The Morgan fingerprint density at radius 2 is 2.05 bits per heavy atom. The van der Waals surface area contributed by atoms with Gasteiger partial charge in [0.25, 0.3) is 0 Å². The van der Waals surface area contributed by atoms with Crippen LogP contribution in [-0.4, -0.2) is 43.3 Å². The molecule has 1 unspecified atom stereocenters. The van der Waals surface area contributed by atoms with Crippen molar-refractivity contribution in [2.45, 2.75) is 25.6 Å². The SMILES string of the molecule is OB(O)c1ccccc1OCCOC1CCCCO1. The maximum absolute atomic E-state index is 9.19. The van der Waals surface area contributed by atoms with E-state index in [1.807, 2.05) is 0 Å². The molecule has 1 aliphatic rings. The lowest BCUT2D eigenvalue weighted by Crippen LogP contribution is -2.32. The van der Waals surface area contributed by atoms with Crippen LogP contribution in [0.25, 0.3) is 0 Å². The van der Waals surface area contributed by atoms with Crippen molar-refractivity contribution in [3.05, 3.63) is 24.3 Å². The molecule has 0 aliphatic carbocycles. The molecule has 1 aromatic rings. The first-order valence-electron chi connectivity index (χ1n) is 6.58. The van der Waals surface area contributed by atoms with Gasteiger partial charge in [-0.15, -0.1) is 0 Å². The van der Waals surface area contributed by atoms with Crippen molar-refractivity contribution >= 4 is 12.6 Å². The van der Waals surface area contributed by atoms with Crippen molar-refractivity contribution < 1.29 is 24.3 Å². The number of benzene rings is 1. The summed E-state index contributed by atoms with van der Waals surface area (Å²) in [4.78, 5) is 0. The van der Waals surface area contributed by atoms with E-state index in [9.17, 15) is 10.0 Å². The minimum absolute atomic E-state index is 0.129. The highest BCUT2D eigenvalue weighted by Gasteiger charge is 2.17. The molecule has 19 heavy (non-hydrogen) atoms. The third kappa shape index (κ3) is 4.51. The molecule has 2 rings (SSSR count). The second-order valence-electron chi connectivity index (χ2n) is 4.43. The second kappa shape index (κ2) is 7.50. The Kier molecular flexibility index (Phi) is 5.66. The molecule has 1 heterocycles. The number of rotatable bonds is 6. The molecule has 1 aliphatic heterocycles. The van der Waals surface area contributed by atoms with Gasteiger partial charge in [0.15, 0.2) is 6.29 Å². The minimum Gasteiger partial charge on any atom is -0.492 e. The Morgan fingerprint density at radius 3 is 2.79 bits per heavy atom. The average molecular weight is 266 g/mol. The van der Waals surface area contributed by atoms with Crippen molar-refractivity contribution in [1.82, 2.24) is 0 Å². The van der Waals surface area contributed by atoms with Gasteiger partial charge in [-0.3, -0.25) is 0 Å². The van der Waals surface area contributed by atoms with E-state index in [2.05, 4.69) is 0 Å². The molecule has 0 saturated carbocycles. The summed E-state index contributed by atoms with van der Waals surface area (Å²) >= 11 is 0. The van der Waals surface area contributed by atoms with Crippen molar-refractivity contribution in [3.63, 3.8) is 0 Å². The zero-order chi connectivity index (χ0) is 13.5. The summed E-state index contributed by atoms with van der Waals surface area (Å²) in [6.45, 7) is 1.52. The summed E-state index contributed by atoms with van der Waals surface area (Å²) < 4.78 is 16.5. The van der Waals surface area contributed by atoms with Crippen LogP contribution in [0.3, 0.4) is 0 Å². The third-order valence-electron chi connectivity index (χ3n) is 2.98. The molecule has 1 saturated heterocycles. The zero-order valence-electron chi connectivity index (χ0n) is 10.8. The van der Waals surface area contributed by atoms with E-state index in [0.717, 1.165) is 25.9 Å². The molecule has 0 aromatic heterocycles. The van der Waals surface area contributed by atoms with Crippen LogP contribution in [0.4, 0.5) is 0 Å². The van der Waals surface area contributed by atoms with Crippen LogP contribution in [0.5, 0.6) is 5.75 Å². The van der Waals surface area contributed by atoms with Gasteiger partial charge in [0.2, 0.25) is 0 Å². The van der Waals surface area contributed by atoms with Crippen molar-refractivity contribution in [1.29, 1.82) is 0 Å². The quantitative estimate of drug-likeness (QED) is 0.572. The zero-order valence-corrected chi connectivity index (χ0v) is 10.8. The van der Waals surface area contributed by atoms with E-state index < -0.39 is 7.12 Å². The van der Waals surface area contributed by atoms with Gasteiger partial charge < -0.3 is 24.3 Å². The average Bonchev–Trinajstić information content (AvgIpc) is 2.45. The predicted molar refractivity (Wildman–Crippen MR) is 71.3 cm³/mol. The van der Waals surface area contributed by atoms with Crippen LogP contribution in [0.1, 0.15) is 19.3 Å². The highest BCUT2D eigenvalue weighted by molar-refractivity contribution is 6.59. The molecule has 104 valence electrons.